The van der Waals surface area contributed by atoms with E-state index in [-0.39, 0.29) is 5.75 Å². The van der Waals surface area contributed by atoms with Gasteiger partial charge in [-0.25, -0.2) is 16.8 Å². The van der Waals surface area contributed by atoms with E-state index in [1.807, 2.05) is 31.2 Å². The molecule has 8 nitrogen and oxygen atoms in total. The topological polar surface area (TPSA) is 105 Å². The van der Waals surface area contributed by atoms with Gasteiger partial charge in [-0.05, 0) is 37.6 Å². The zero-order valence-corrected chi connectivity index (χ0v) is 18.7. The van der Waals surface area contributed by atoms with Crippen molar-refractivity contribution < 1.29 is 21.6 Å². The molecule has 0 unspecified atom stereocenters. The van der Waals surface area contributed by atoms with Gasteiger partial charge in [-0.1, -0.05) is 30.3 Å². The highest BCUT2D eigenvalue weighted by Gasteiger charge is 2.37. The molecule has 162 valence electrons. The lowest BCUT2D eigenvalue weighted by molar-refractivity contribution is 0.317. The summed E-state index contributed by atoms with van der Waals surface area (Å²) >= 11 is 0. The van der Waals surface area contributed by atoms with Crippen LogP contribution in [0.15, 0.2) is 53.6 Å². The minimum atomic E-state index is -3.60. The Kier molecular flexibility index (Phi) is 6.37. The number of ether oxygens (including phenoxy) is 1. The van der Waals surface area contributed by atoms with Crippen molar-refractivity contribution in [1.29, 1.82) is 0 Å². The molecule has 0 bridgehead atoms. The second kappa shape index (κ2) is 8.65. The number of anilines is 1. The Hall–Kier alpha value is -2.59. The van der Waals surface area contributed by atoms with E-state index >= 15 is 0 Å². The second-order valence-corrected chi connectivity index (χ2v) is 10.7. The molecule has 0 saturated carbocycles. The van der Waals surface area contributed by atoms with Crippen molar-refractivity contribution >= 4 is 31.4 Å². The van der Waals surface area contributed by atoms with Crippen LogP contribution in [-0.4, -0.2) is 45.6 Å². The molecule has 0 aromatic heterocycles. The second-order valence-electron chi connectivity index (χ2n) is 6.86. The summed E-state index contributed by atoms with van der Waals surface area (Å²) in [4.78, 5) is 0. The summed E-state index contributed by atoms with van der Waals surface area (Å²) in [6.07, 6.45) is 1.46. The number of hydrogen-bond donors (Lipinski definition) is 1. The first-order valence-electron chi connectivity index (χ1n) is 9.54. The predicted octanol–water partition coefficient (Wildman–Crippen LogP) is 2.96. The Balaban J connectivity index is 1.97. The third kappa shape index (κ3) is 4.93. The molecule has 1 atom stereocenters. The average Bonchev–Trinajstić information content (AvgIpc) is 3.14. The van der Waals surface area contributed by atoms with Gasteiger partial charge in [0.25, 0.3) is 0 Å². The average molecular weight is 452 g/mol. The van der Waals surface area contributed by atoms with Gasteiger partial charge in [-0.2, -0.15) is 9.52 Å². The maximum absolute atomic E-state index is 12.7. The van der Waals surface area contributed by atoms with E-state index in [0.29, 0.717) is 30.2 Å². The van der Waals surface area contributed by atoms with E-state index in [0.717, 1.165) is 17.4 Å². The van der Waals surface area contributed by atoms with Crippen molar-refractivity contribution in [3.63, 3.8) is 0 Å². The zero-order valence-electron chi connectivity index (χ0n) is 17.1. The van der Waals surface area contributed by atoms with Crippen molar-refractivity contribution in [3.05, 3.63) is 59.7 Å². The lowest BCUT2D eigenvalue weighted by Crippen LogP contribution is -2.28. The summed E-state index contributed by atoms with van der Waals surface area (Å²) < 4.78 is 57.6. The molecule has 0 amide bonds. The molecular weight excluding hydrogens is 426 g/mol. The van der Waals surface area contributed by atoms with Gasteiger partial charge < -0.3 is 4.74 Å². The molecule has 1 N–H and O–H groups in total. The number of hydrazone groups is 1. The Morgan fingerprint density at radius 3 is 2.33 bits per heavy atom. The van der Waals surface area contributed by atoms with Crippen LogP contribution in [0.25, 0.3) is 0 Å². The van der Waals surface area contributed by atoms with E-state index in [1.54, 1.807) is 31.2 Å². The van der Waals surface area contributed by atoms with Crippen molar-refractivity contribution in [2.45, 2.75) is 26.3 Å². The standard InChI is InChI=1S/C20H25N3O5S2/c1-4-28-20-9-7-6-8-17(20)19-14-18(21-23(19)30(26,27)5-2)15-10-12-16(13-11-15)22-29(3,24)25/h6-13,19,22H,4-5,14H2,1-3H3/t19-/m0/s1. The molecule has 0 spiro atoms. The molecule has 2 aromatic rings. The van der Waals surface area contributed by atoms with Gasteiger partial charge in [0.2, 0.25) is 20.0 Å². The molecule has 0 fully saturated rings. The monoisotopic (exact) mass is 451 g/mol. The summed E-state index contributed by atoms with van der Waals surface area (Å²) in [6, 6.07) is 13.5. The van der Waals surface area contributed by atoms with E-state index in [9.17, 15) is 16.8 Å². The Morgan fingerprint density at radius 1 is 1.07 bits per heavy atom. The molecular formula is C20H25N3O5S2. The minimum Gasteiger partial charge on any atom is -0.494 e. The summed E-state index contributed by atoms with van der Waals surface area (Å²) in [5.41, 5.74) is 2.51. The Bertz CT molecular complexity index is 1140. The quantitative estimate of drug-likeness (QED) is 0.664. The van der Waals surface area contributed by atoms with Gasteiger partial charge in [-0.15, -0.1) is 0 Å². The van der Waals surface area contributed by atoms with Gasteiger partial charge in [-0.3, -0.25) is 4.72 Å². The highest BCUT2D eigenvalue weighted by atomic mass is 32.2. The number of benzene rings is 2. The van der Waals surface area contributed by atoms with Crippen LogP contribution in [0.1, 0.15) is 37.4 Å². The largest absolute Gasteiger partial charge is 0.494 e. The molecule has 0 aliphatic carbocycles. The van der Waals surface area contributed by atoms with Gasteiger partial charge in [0.05, 0.1) is 30.4 Å². The van der Waals surface area contributed by atoms with E-state index in [4.69, 9.17) is 4.74 Å². The van der Waals surface area contributed by atoms with Crippen LogP contribution in [0.4, 0.5) is 5.69 Å². The zero-order chi connectivity index (χ0) is 21.9. The first-order chi connectivity index (χ1) is 14.1. The molecule has 3 rings (SSSR count). The van der Waals surface area contributed by atoms with Gasteiger partial charge >= 0.3 is 0 Å². The van der Waals surface area contributed by atoms with Crippen molar-refractivity contribution in [3.8, 4) is 5.75 Å². The molecule has 1 aliphatic heterocycles. The highest BCUT2D eigenvalue weighted by molar-refractivity contribution is 7.92. The molecule has 30 heavy (non-hydrogen) atoms. The third-order valence-electron chi connectivity index (χ3n) is 4.62. The normalized spacial score (nSPS) is 17.0. The number of nitrogens with zero attached hydrogens (tertiary/aromatic N) is 2. The number of rotatable bonds is 8. The fraction of sp³-hybridized carbons (Fsp3) is 0.350. The van der Waals surface area contributed by atoms with Gasteiger partial charge in [0, 0.05) is 17.7 Å². The smallest absolute Gasteiger partial charge is 0.250 e. The van der Waals surface area contributed by atoms with Crippen LogP contribution in [0.3, 0.4) is 0 Å². The number of hydrogen-bond acceptors (Lipinski definition) is 6. The van der Waals surface area contributed by atoms with Crippen LogP contribution in [0.2, 0.25) is 0 Å². The minimum absolute atomic E-state index is 0.0751. The molecule has 1 heterocycles. The van der Waals surface area contributed by atoms with Crippen LogP contribution >= 0.6 is 0 Å². The molecule has 0 radical (unpaired) electrons. The maximum atomic E-state index is 12.7. The van der Waals surface area contributed by atoms with Gasteiger partial charge in [0.15, 0.2) is 0 Å². The summed E-state index contributed by atoms with van der Waals surface area (Å²) in [7, 11) is -6.98. The first kappa shape index (κ1) is 22.1. The summed E-state index contributed by atoms with van der Waals surface area (Å²) in [5.74, 6) is 0.555. The SMILES string of the molecule is CCOc1ccccc1[C@@H]1CC(c2ccc(NS(C)(=O)=O)cc2)=NN1S(=O)(=O)CC. The molecule has 10 heteroatoms. The number of sulfonamides is 2. The van der Waals surface area contributed by atoms with Gasteiger partial charge in [0.1, 0.15) is 5.75 Å². The predicted molar refractivity (Wildman–Crippen MR) is 118 cm³/mol. The van der Waals surface area contributed by atoms with Crippen LogP contribution < -0.4 is 9.46 Å². The number of nitrogens with one attached hydrogen (secondary N) is 1. The molecule has 1 aliphatic rings. The Labute approximate surface area is 177 Å². The van der Waals surface area contributed by atoms with Crippen molar-refractivity contribution in [2.24, 2.45) is 5.10 Å². The van der Waals surface area contributed by atoms with E-state index in [2.05, 4.69) is 9.82 Å². The van der Waals surface area contributed by atoms with E-state index in [1.165, 1.54) is 4.41 Å². The lowest BCUT2D eigenvalue weighted by atomic mass is 9.98. The summed E-state index contributed by atoms with van der Waals surface area (Å²) in [6.45, 7) is 3.92. The molecule has 0 saturated heterocycles. The maximum Gasteiger partial charge on any atom is 0.250 e. The first-order valence-corrected chi connectivity index (χ1v) is 13.0. The number of para-hydroxylation sites is 1. The van der Waals surface area contributed by atoms with Crippen molar-refractivity contribution in [1.82, 2.24) is 4.41 Å². The van der Waals surface area contributed by atoms with Crippen LogP contribution in [-0.2, 0) is 20.0 Å². The fourth-order valence-electron chi connectivity index (χ4n) is 3.27. The van der Waals surface area contributed by atoms with Crippen LogP contribution in [0.5, 0.6) is 5.75 Å². The lowest BCUT2D eigenvalue weighted by Gasteiger charge is -2.24. The van der Waals surface area contributed by atoms with E-state index < -0.39 is 26.1 Å². The van der Waals surface area contributed by atoms with Crippen LogP contribution in [0, 0.1) is 0 Å². The Morgan fingerprint density at radius 2 is 1.73 bits per heavy atom. The fourth-order valence-corrected chi connectivity index (χ4v) is 4.90. The highest BCUT2D eigenvalue weighted by Crippen LogP contribution is 2.39. The van der Waals surface area contributed by atoms with Crippen molar-refractivity contribution in [2.75, 3.05) is 23.3 Å². The molecule has 2 aromatic carbocycles. The third-order valence-corrected chi connectivity index (χ3v) is 6.86. The summed E-state index contributed by atoms with van der Waals surface area (Å²) in [5, 5.41) is 4.43.